The van der Waals surface area contributed by atoms with Crippen molar-refractivity contribution in [2.45, 2.75) is 13.3 Å². The van der Waals surface area contributed by atoms with E-state index in [4.69, 9.17) is 9.47 Å². The molecule has 0 aliphatic carbocycles. The SMILES string of the molecule is CC(=O)Nc1ccc(OCCCOc2ccc(F)cc2F)cc1. The molecule has 0 aromatic heterocycles. The zero-order valence-corrected chi connectivity index (χ0v) is 12.6. The van der Waals surface area contributed by atoms with Gasteiger partial charge in [-0.3, -0.25) is 4.79 Å². The van der Waals surface area contributed by atoms with E-state index >= 15 is 0 Å². The Bertz CT molecular complexity index is 659. The van der Waals surface area contributed by atoms with E-state index in [2.05, 4.69) is 5.32 Å². The Labute approximate surface area is 133 Å². The Morgan fingerprint density at radius 2 is 1.74 bits per heavy atom. The molecular weight excluding hydrogens is 304 g/mol. The van der Waals surface area contributed by atoms with E-state index in [0.29, 0.717) is 24.5 Å². The number of carbonyl (C=O) groups excluding carboxylic acids is 1. The molecule has 0 aliphatic heterocycles. The van der Waals surface area contributed by atoms with Crippen molar-refractivity contribution in [2.24, 2.45) is 0 Å². The summed E-state index contributed by atoms with van der Waals surface area (Å²) in [5.41, 5.74) is 0.694. The van der Waals surface area contributed by atoms with Gasteiger partial charge in [-0.05, 0) is 36.4 Å². The minimum atomic E-state index is -0.723. The number of hydrogen-bond acceptors (Lipinski definition) is 3. The van der Waals surface area contributed by atoms with Crippen LogP contribution in [0.5, 0.6) is 11.5 Å². The van der Waals surface area contributed by atoms with Gasteiger partial charge in [-0.15, -0.1) is 0 Å². The summed E-state index contributed by atoms with van der Waals surface area (Å²) >= 11 is 0. The summed E-state index contributed by atoms with van der Waals surface area (Å²) in [5, 5.41) is 2.66. The second-order valence-electron chi connectivity index (χ2n) is 4.83. The van der Waals surface area contributed by atoms with Crippen molar-refractivity contribution in [3.63, 3.8) is 0 Å². The molecule has 2 aromatic rings. The average molecular weight is 321 g/mol. The van der Waals surface area contributed by atoms with E-state index in [0.717, 1.165) is 12.1 Å². The highest BCUT2D eigenvalue weighted by Crippen LogP contribution is 2.18. The second-order valence-corrected chi connectivity index (χ2v) is 4.83. The molecule has 0 aliphatic rings. The summed E-state index contributed by atoms with van der Waals surface area (Å²) in [6, 6.07) is 10.1. The van der Waals surface area contributed by atoms with E-state index in [1.165, 1.54) is 13.0 Å². The van der Waals surface area contributed by atoms with E-state index in [9.17, 15) is 13.6 Å². The van der Waals surface area contributed by atoms with Crippen molar-refractivity contribution in [1.82, 2.24) is 0 Å². The maximum Gasteiger partial charge on any atom is 0.221 e. The van der Waals surface area contributed by atoms with Gasteiger partial charge >= 0.3 is 0 Å². The van der Waals surface area contributed by atoms with E-state index < -0.39 is 11.6 Å². The van der Waals surface area contributed by atoms with Crippen LogP contribution in [0.3, 0.4) is 0 Å². The second kappa shape index (κ2) is 8.12. The maximum atomic E-state index is 13.3. The van der Waals surface area contributed by atoms with E-state index in [-0.39, 0.29) is 18.3 Å². The van der Waals surface area contributed by atoms with Gasteiger partial charge in [0.25, 0.3) is 0 Å². The molecular formula is C17H17F2NO3. The van der Waals surface area contributed by atoms with Gasteiger partial charge < -0.3 is 14.8 Å². The molecule has 0 bridgehead atoms. The lowest BCUT2D eigenvalue weighted by Crippen LogP contribution is -2.07. The minimum Gasteiger partial charge on any atom is -0.493 e. The zero-order chi connectivity index (χ0) is 16.7. The number of ether oxygens (including phenoxy) is 2. The Morgan fingerprint density at radius 1 is 1.04 bits per heavy atom. The number of halogens is 2. The topological polar surface area (TPSA) is 47.6 Å². The molecule has 0 spiro atoms. The normalized spacial score (nSPS) is 10.2. The first-order chi connectivity index (χ1) is 11.0. The molecule has 0 unspecified atom stereocenters. The first-order valence-corrected chi connectivity index (χ1v) is 7.13. The molecule has 0 radical (unpaired) electrons. The molecule has 0 atom stereocenters. The molecule has 122 valence electrons. The van der Waals surface area contributed by atoms with Crippen molar-refractivity contribution in [2.75, 3.05) is 18.5 Å². The van der Waals surface area contributed by atoms with Crippen LogP contribution in [0.2, 0.25) is 0 Å². The Hall–Kier alpha value is -2.63. The van der Waals surface area contributed by atoms with Crippen molar-refractivity contribution in [3.8, 4) is 11.5 Å². The Kier molecular flexibility index (Phi) is 5.91. The number of hydrogen-bond donors (Lipinski definition) is 1. The monoisotopic (exact) mass is 321 g/mol. The van der Waals surface area contributed by atoms with Crippen molar-refractivity contribution in [1.29, 1.82) is 0 Å². The minimum absolute atomic E-state index is 0.0195. The Morgan fingerprint density at radius 3 is 2.39 bits per heavy atom. The largest absolute Gasteiger partial charge is 0.493 e. The molecule has 2 rings (SSSR count). The quantitative estimate of drug-likeness (QED) is 0.790. The number of amides is 1. The number of nitrogens with one attached hydrogen (secondary N) is 1. The van der Waals surface area contributed by atoms with Gasteiger partial charge in [0, 0.05) is 25.1 Å². The standard InChI is InChI=1S/C17H17F2NO3/c1-12(21)20-14-4-6-15(7-5-14)22-9-2-10-23-17-8-3-13(18)11-16(17)19/h3-8,11H,2,9-10H2,1H3,(H,20,21). The number of benzene rings is 2. The lowest BCUT2D eigenvalue weighted by Gasteiger charge is -2.09. The third kappa shape index (κ3) is 5.58. The Balaban J connectivity index is 1.70. The van der Waals surface area contributed by atoms with Gasteiger partial charge in [0.15, 0.2) is 11.6 Å². The molecule has 2 aromatic carbocycles. The van der Waals surface area contributed by atoms with Gasteiger partial charge in [-0.25, -0.2) is 8.78 Å². The fourth-order valence-corrected chi connectivity index (χ4v) is 1.86. The molecule has 0 saturated heterocycles. The third-order valence-electron chi connectivity index (χ3n) is 2.88. The highest BCUT2D eigenvalue weighted by atomic mass is 19.1. The summed E-state index contributed by atoms with van der Waals surface area (Å²) in [4.78, 5) is 10.9. The highest BCUT2D eigenvalue weighted by molar-refractivity contribution is 5.88. The molecule has 1 amide bonds. The van der Waals surface area contributed by atoms with Gasteiger partial charge in [0.05, 0.1) is 13.2 Å². The predicted octanol–water partition coefficient (Wildman–Crippen LogP) is 3.77. The van der Waals surface area contributed by atoms with Crippen LogP contribution in [-0.4, -0.2) is 19.1 Å². The number of rotatable bonds is 7. The smallest absolute Gasteiger partial charge is 0.221 e. The van der Waals surface area contributed by atoms with E-state index in [1.807, 2.05) is 0 Å². The summed E-state index contributed by atoms with van der Waals surface area (Å²) < 4.78 is 36.8. The van der Waals surface area contributed by atoms with Gasteiger partial charge in [-0.1, -0.05) is 0 Å². The maximum absolute atomic E-state index is 13.3. The third-order valence-corrected chi connectivity index (χ3v) is 2.88. The van der Waals surface area contributed by atoms with Crippen LogP contribution in [0, 0.1) is 11.6 Å². The van der Waals surface area contributed by atoms with Crippen molar-refractivity contribution in [3.05, 3.63) is 54.1 Å². The number of carbonyl (C=O) groups is 1. The summed E-state index contributed by atoms with van der Waals surface area (Å²) in [7, 11) is 0. The van der Waals surface area contributed by atoms with Crippen molar-refractivity contribution >= 4 is 11.6 Å². The first kappa shape index (κ1) is 16.7. The van der Waals surface area contributed by atoms with E-state index in [1.54, 1.807) is 24.3 Å². The highest BCUT2D eigenvalue weighted by Gasteiger charge is 2.04. The molecule has 1 N–H and O–H groups in total. The molecule has 0 fully saturated rings. The van der Waals surface area contributed by atoms with Crippen LogP contribution in [0.1, 0.15) is 13.3 Å². The molecule has 0 heterocycles. The number of anilines is 1. The lowest BCUT2D eigenvalue weighted by molar-refractivity contribution is -0.114. The van der Waals surface area contributed by atoms with Crippen molar-refractivity contribution < 1.29 is 23.0 Å². The van der Waals surface area contributed by atoms with Crippen LogP contribution >= 0.6 is 0 Å². The van der Waals surface area contributed by atoms with Crippen LogP contribution < -0.4 is 14.8 Å². The average Bonchev–Trinajstić information content (AvgIpc) is 2.50. The summed E-state index contributed by atoms with van der Waals surface area (Å²) in [6.07, 6.45) is 0.546. The van der Waals surface area contributed by atoms with Crippen LogP contribution in [0.25, 0.3) is 0 Å². The van der Waals surface area contributed by atoms with Crippen LogP contribution in [0.15, 0.2) is 42.5 Å². The van der Waals surface area contributed by atoms with Gasteiger partial charge in [0.2, 0.25) is 5.91 Å². The molecule has 6 heteroatoms. The predicted molar refractivity (Wildman–Crippen MR) is 82.7 cm³/mol. The van der Waals surface area contributed by atoms with Crippen LogP contribution in [0.4, 0.5) is 14.5 Å². The zero-order valence-electron chi connectivity index (χ0n) is 12.6. The van der Waals surface area contributed by atoms with Gasteiger partial charge in [-0.2, -0.15) is 0 Å². The molecule has 23 heavy (non-hydrogen) atoms. The molecule has 4 nitrogen and oxygen atoms in total. The summed E-state index contributed by atoms with van der Waals surface area (Å²) in [6.45, 7) is 2.09. The fraction of sp³-hybridized carbons (Fsp3) is 0.235. The lowest BCUT2D eigenvalue weighted by atomic mass is 10.3. The van der Waals surface area contributed by atoms with Crippen LogP contribution in [-0.2, 0) is 4.79 Å². The summed E-state index contributed by atoms with van der Waals surface area (Å²) in [5.74, 6) is -0.817. The van der Waals surface area contributed by atoms with Gasteiger partial charge in [0.1, 0.15) is 11.6 Å². The first-order valence-electron chi connectivity index (χ1n) is 7.13. The molecule has 0 saturated carbocycles. The fourth-order valence-electron chi connectivity index (χ4n) is 1.86.